The van der Waals surface area contributed by atoms with E-state index < -0.39 is 0 Å². The third-order valence-corrected chi connectivity index (χ3v) is 1.40. The van der Waals surface area contributed by atoms with Crippen molar-refractivity contribution in [1.29, 1.82) is 0 Å². The van der Waals surface area contributed by atoms with Gasteiger partial charge in [-0.15, -0.1) is 0 Å². The Labute approximate surface area is 83.1 Å². The second-order valence-electron chi connectivity index (χ2n) is 2.60. The predicted molar refractivity (Wildman–Crippen MR) is 62.2 cm³/mol. The zero-order valence-electron chi connectivity index (χ0n) is 9.78. The Hall–Kier alpha value is -0.790. The van der Waals surface area contributed by atoms with Gasteiger partial charge in [-0.3, -0.25) is 0 Å². The van der Waals surface area contributed by atoms with Gasteiger partial charge >= 0.3 is 0 Å². The molecule has 0 aromatic rings. The van der Waals surface area contributed by atoms with E-state index in [4.69, 9.17) is 0 Å². The fourth-order valence-corrected chi connectivity index (χ4v) is 0.739. The number of nitrogens with one attached hydrogen (secondary N) is 1. The molecule has 0 saturated heterocycles. The quantitative estimate of drug-likeness (QED) is 0.395. The van der Waals surface area contributed by atoms with Crippen LogP contribution in [0.15, 0.2) is 17.3 Å². The monoisotopic (exact) mass is 184 g/mol. The van der Waals surface area contributed by atoms with Crippen molar-refractivity contribution in [2.24, 2.45) is 5.10 Å². The molecule has 0 aliphatic rings. The molecule has 0 bridgehead atoms. The maximum Gasteiger partial charge on any atom is 0.0623 e. The fraction of sp³-hybridized carbons (Fsp3) is 0.727. The average Bonchev–Trinajstić information content (AvgIpc) is 2.15. The molecule has 0 unspecified atom stereocenters. The minimum atomic E-state index is 0.941. The van der Waals surface area contributed by atoms with Crippen LogP contribution >= 0.6 is 0 Å². The molecule has 0 aromatic carbocycles. The van der Waals surface area contributed by atoms with Gasteiger partial charge in [0.2, 0.25) is 0 Å². The largest absolute Gasteiger partial charge is 0.310 e. The molecule has 0 rings (SSSR count). The summed E-state index contributed by atoms with van der Waals surface area (Å²) in [5, 5.41) is 4.20. The van der Waals surface area contributed by atoms with Crippen LogP contribution in [0.1, 0.15) is 47.5 Å². The number of hydrogen-bond acceptors (Lipinski definition) is 2. The topological polar surface area (TPSA) is 24.4 Å². The maximum atomic E-state index is 4.20. The maximum absolute atomic E-state index is 4.20. The summed E-state index contributed by atoms with van der Waals surface area (Å²) in [6.07, 6.45) is 2.06. The van der Waals surface area contributed by atoms with E-state index in [2.05, 4.69) is 31.0 Å². The summed E-state index contributed by atoms with van der Waals surface area (Å²) in [5.41, 5.74) is 5.11. The minimum absolute atomic E-state index is 0.941. The second kappa shape index (κ2) is 11.2. The Morgan fingerprint density at radius 1 is 1.31 bits per heavy atom. The molecular weight excluding hydrogens is 160 g/mol. The molecule has 13 heavy (non-hydrogen) atoms. The van der Waals surface area contributed by atoms with Gasteiger partial charge < -0.3 is 5.43 Å². The van der Waals surface area contributed by atoms with Gasteiger partial charge in [0.05, 0.1) is 5.71 Å². The van der Waals surface area contributed by atoms with Gasteiger partial charge in [-0.1, -0.05) is 34.3 Å². The summed E-state index contributed by atoms with van der Waals surface area (Å²) >= 11 is 0. The molecule has 0 aliphatic carbocycles. The summed E-state index contributed by atoms with van der Waals surface area (Å²) in [4.78, 5) is 0. The van der Waals surface area contributed by atoms with Gasteiger partial charge in [0.25, 0.3) is 0 Å². The van der Waals surface area contributed by atoms with E-state index in [0.29, 0.717) is 0 Å². The van der Waals surface area contributed by atoms with Crippen LogP contribution in [0.3, 0.4) is 0 Å². The van der Waals surface area contributed by atoms with E-state index in [1.165, 1.54) is 0 Å². The number of nitrogens with zero attached hydrogens (tertiary/aromatic N) is 1. The number of rotatable bonds is 5. The Morgan fingerprint density at radius 3 is 2.15 bits per heavy atom. The standard InChI is InChI=1S/C9H18N2.C2H6/c1-5-7-10-11-9(6-2)8(3)4;1-2/h10H,3,5-7H2,1-2,4H3;1-2H3/b11-9-;. The van der Waals surface area contributed by atoms with Crippen LogP contribution < -0.4 is 5.43 Å². The third-order valence-electron chi connectivity index (χ3n) is 1.40. The molecule has 0 heterocycles. The molecule has 0 atom stereocenters. The molecular formula is C11H24N2. The minimum Gasteiger partial charge on any atom is -0.310 e. The van der Waals surface area contributed by atoms with Crippen LogP contribution in [0.25, 0.3) is 0 Å². The van der Waals surface area contributed by atoms with Gasteiger partial charge in [0.15, 0.2) is 0 Å². The first-order valence-electron chi connectivity index (χ1n) is 5.17. The average molecular weight is 184 g/mol. The summed E-state index contributed by atoms with van der Waals surface area (Å²) in [5.74, 6) is 0. The number of hydrogen-bond donors (Lipinski definition) is 1. The van der Waals surface area contributed by atoms with Crippen LogP contribution in [0.4, 0.5) is 0 Å². The lowest BCUT2D eigenvalue weighted by Crippen LogP contribution is -2.11. The highest BCUT2D eigenvalue weighted by Gasteiger charge is 1.94. The first kappa shape index (κ1) is 14.7. The van der Waals surface area contributed by atoms with Crippen LogP contribution in [0.2, 0.25) is 0 Å². The Kier molecular flexibility index (Phi) is 12.7. The third kappa shape index (κ3) is 9.12. The zero-order valence-corrected chi connectivity index (χ0v) is 9.78. The summed E-state index contributed by atoms with van der Waals surface area (Å²) in [6, 6.07) is 0. The van der Waals surface area contributed by atoms with Crippen molar-refractivity contribution in [2.75, 3.05) is 6.54 Å². The van der Waals surface area contributed by atoms with Crippen LogP contribution in [-0.4, -0.2) is 12.3 Å². The van der Waals surface area contributed by atoms with E-state index in [1.54, 1.807) is 0 Å². The van der Waals surface area contributed by atoms with Crippen molar-refractivity contribution in [3.8, 4) is 0 Å². The van der Waals surface area contributed by atoms with Gasteiger partial charge in [-0.05, 0) is 25.3 Å². The molecule has 0 aliphatic heterocycles. The van der Waals surface area contributed by atoms with Crippen molar-refractivity contribution in [2.45, 2.75) is 47.5 Å². The van der Waals surface area contributed by atoms with Gasteiger partial charge in [-0.2, -0.15) is 5.10 Å². The highest BCUT2D eigenvalue weighted by Crippen LogP contribution is 1.96. The van der Waals surface area contributed by atoms with Crippen molar-refractivity contribution < 1.29 is 0 Å². The summed E-state index contributed by atoms with van der Waals surface area (Å²) in [6.45, 7) is 15.0. The Bertz CT molecular complexity index is 148. The van der Waals surface area contributed by atoms with Gasteiger partial charge in [-0.25, -0.2) is 0 Å². The molecule has 1 N–H and O–H groups in total. The van der Waals surface area contributed by atoms with Crippen LogP contribution in [0, 0.1) is 0 Å². The molecule has 2 nitrogen and oxygen atoms in total. The SMILES string of the molecule is C=C(C)/C(CC)=N\NCCC.CC. The predicted octanol–water partition coefficient (Wildman–Crippen LogP) is 3.35. The van der Waals surface area contributed by atoms with Crippen molar-refractivity contribution in [3.05, 3.63) is 12.2 Å². The van der Waals surface area contributed by atoms with E-state index >= 15 is 0 Å². The van der Waals surface area contributed by atoms with Gasteiger partial charge in [0, 0.05) is 6.54 Å². The second-order valence-corrected chi connectivity index (χ2v) is 2.60. The lowest BCUT2D eigenvalue weighted by molar-refractivity contribution is 0.714. The highest BCUT2D eigenvalue weighted by atomic mass is 15.3. The van der Waals surface area contributed by atoms with E-state index in [0.717, 1.165) is 30.7 Å². The number of allylic oxidation sites excluding steroid dienone is 1. The molecule has 0 radical (unpaired) electrons. The highest BCUT2D eigenvalue weighted by molar-refractivity contribution is 5.98. The summed E-state index contributed by atoms with van der Waals surface area (Å²) < 4.78 is 0. The number of hydrazone groups is 1. The molecule has 0 spiro atoms. The molecule has 0 saturated carbocycles. The van der Waals surface area contributed by atoms with Crippen LogP contribution in [0.5, 0.6) is 0 Å². The Balaban J connectivity index is 0. The normalized spacial score (nSPS) is 10.1. The van der Waals surface area contributed by atoms with Gasteiger partial charge in [0.1, 0.15) is 0 Å². The summed E-state index contributed by atoms with van der Waals surface area (Å²) in [7, 11) is 0. The molecule has 78 valence electrons. The fourth-order valence-electron chi connectivity index (χ4n) is 0.739. The zero-order chi connectivity index (χ0) is 10.7. The van der Waals surface area contributed by atoms with E-state index in [1.807, 2.05) is 20.8 Å². The first-order valence-corrected chi connectivity index (χ1v) is 5.17. The smallest absolute Gasteiger partial charge is 0.0623 e. The van der Waals surface area contributed by atoms with Crippen molar-refractivity contribution in [1.82, 2.24) is 5.43 Å². The van der Waals surface area contributed by atoms with Crippen molar-refractivity contribution in [3.63, 3.8) is 0 Å². The Morgan fingerprint density at radius 2 is 1.85 bits per heavy atom. The van der Waals surface area contributed by atoms with E-state index in [9.17, 15) is 0 Å². The molecule has 0 fully saturated rings. The van der Waals surface area contributed by atoms with E-state index in [-0.39, 0.29) is 0 Å². The first-order chi connectivity index (χ1) is 6.22. The lowest BCUT2D eigenvalue weighted by Gasteiger charge is -2.02. The van der Waals surface area contributed by atoms with Crippen LogP contribution in [-0.2, 0) is 0 Å². The molecule has 0 aromatic heterocycles. The van der Waals surface area contributed by atoms with Crippen molar-refractivity contribution >= 4 is 5.71 Å². The molecule has 2 heteroatoms. The lowest BCUT2D eigenvalue weighted by atomic mass is 10.2. The molecule has 0 amide bonds.